The topological polar surface area (TPSA) is 95.6 Å². The number of rotatable bonds is 7. The first-order chi connectivity index (χ1) is 14.5. The lowest BCUT2D eigenvalue weighted by Gasteiger charge is -2.32. The molecule has 0 spiro atoms. The van der Waals surface area contributed by atoms with Crippen LogP contribution in [0.2, 0.25) is 0 Å². The van der Waals surface area contributed by atoms with Gasteiger partial charge in [-0.15, -0.1) is 0 Å². The molecule has 3 N–H and O–H groups in total. The van der Waals surface area contributed by atoms with Gasteiger partial charge in [-0.25, -0.2) is 14.7 Å². The average molecular weight is 415 g/mol. The Bertz CT molecular complexity index is 865. The van der Waals surface area contributed by atoms with Crippen molar-refractivity contribution in [3.63, 3.8) is 0 Å². The summed E-state index contributed by atoms with van der Waals surface area (Å²) < 4.78 is 14.1. The molecule has 1 aromatic heterocycles. The number of likely N-dealkylation sites (tertiary alicyclic amines) is 1. The van der Waals surface area contributed by atoms with Crippen molar-refractivity contribution in [2.75, 3.05) is 30.3 Å². The average Bonchev–Trinajstić information content (AvgIpc) is 2.68. The minimum Gasteiger partial charge on any atom is -0.308 e. The number of nitrogens with one attached hydrogen (secondary N) is 3. The van der Waals surface area contributed by atoms with Crippen LogP contribution >= 0.6 is 0 Å². The molecule has 3 rings (SSSR count). The third-order valence-electron chi connectivity index (χ3n) is 4.68. The zero-order valence-electron chi connectivity index (χ0n) is 16.9. The van der Waals surface area contributed by atoms with Gasteiger partial charge >= 0.3 is 6.03 Å². The quantitative estimate of drug-likeness (QED) is 0.604. The fourth-order valence-corrected chi connectivity index (χ4v) is 3.49. The first-order valence-corrected chi connectivity index (χ1v) is 9.86. The molecule has 0 bridgehead atoms. The monoisotopic (exact) mass is 415 g/mol. The van der Waals surface area contributed by atoms with Crippen molar-refractivity contribution in [2.24, 2.45) is 5.92 Å². The molecule has 1 saturated heterocycles. The maximum atomic E-state index is 14.1. The molecule has 2 heterocycles. The molecular formula is C21H26FN5O3. The Labute approximate surface area is 174 Å². The highest BCUT2D eigenvalue weighted by atomic mass is 19.1. The highest BCUT2D eigenvalue weighted by Crippen LogP contribution is 2.21. The van der Waals surface area contributed by atoms with E-state index in [9.17, 15) is 14.0 Å². The van der Waals surface area contributed by atoms with Crippen molar-refractivity contribution >= 4 is 23.3 Å². The van der Waals surface area contributed by atoms with Gasteiger partial charge in [0.2, 0.25) is 5.91 Å². The van der Waals surface area contributed by atoms with Gasteiger partial charge in [0.25, 0.3) is 0 Å². The van der Waals surface area contributed by atoms with E-state index in [0.29, 0.717) is 30.4 Å². The van der Waals surface area contributed by atoms with E-state index in [1.807, 2.05) is 0 Å². The van der Waals surface area contributed by atoms with Crippen LogP contribution in [0, 0.1) is 11.7 Å². The van der Waals surface area contributed by atoms with E-state index < -0.39 is 11.8 Å². The van der Waals surface area contributed by atoms with Gasteiger partial charge in [0, 0.05) is 31.9 Å². The first-order valence-electron chi connectivity index (χ1n) is 9.86. The van der Waals surface area contributed by atoms with Crippen molar-refractivity contribution in [1.82, 2.24) is 15.4 Å². The zero-order chi connectivity index (χ0) is 21.3. The molecule has 3 amide bonds. The highest BCUT2D eigenvalue weighted by Gasteiger charge is 2.21. The van der Waals surface area contributed by atoms with Crippen LogP contribution in [-0.2, 0) is 16.2 Å². The SMILES string of the molecule is CC(=O)NOC[C@@H]1CCCN(Cc2cc(F)cc(NC(=O)Nc3cccnc3)c2)C1. The molecule has 1 fully saturated rings. The molecule has 8 nitrogen and oxygen atoms in total. The fraction of sp³-hybridized carbons (Fsp3) is 0.381. The predicted molar refractivity (Wildman–Crippen MR) is 111 cm³/mol. The Morgan fingerprint density at radius 1 is 1.27 bits per heavy atom. The summed E-state index contributed by atoms with van der Waals surface area (Å²) in [5.74, 6) is -0.344. The van der Waals surface area contributed by atoms with E-state index >= 15 is 0 Å². The van der Waals surface area contributed by atoms with Crippen molar-refractivity contribution < 1.29 is 18.8 Å². The molecule has 1 aromatic carbocycles. The number of benzene rings is 1. The van der Waals surface area contributed by atoms with Crippen LogP contribution < -0.4 is 16.1 Å². The number of amides is 3. The van der Waals surface area contributed by atoms with Gasteiger partial charge in [-0.1, -0.05) is 0 Å². The second kappa shape index (κ2) is 10.7. The van der Waals surface area contributed by atoms with Gasteiger partial charge in [-0.05, 0) is 61.2 Å². The molecular weight excluding hydrogens is 389 g/mol. The lowest BCUT2D eigenvalue weighted by Crippen LogP contribution is -2.38. The van der Waals surface area contributed by atoms with Gasteiger partial charge in [-0.3, -0.25) is 19.5 Å². The Balaban J connectivity index is 1.55. The van der Waals surface area contributed by atoms with Gasteiger partial charge in [0.15, 0.2) is 0 Å². The minimum atomic E-state index is -0.465. The normalized spacial score (nSPS) is 16.7. The Morgan fingerprint density at radius 2 is 2.10 bits per heavy atom. The fourth-order valence-electron chi connectivity index (χ4n) is 3.49. The number of piperidine rings is 1. The van der Waals surface area contributed by atoms with Gasteiger partial charge in [0.1, 0.15) is 5.82 Å². The minimum absolute atomic E-state index is 0.227. The Kier molecular flexibility index (Phi) is 7.69. The Hall–Kier alpha value is -3.04. The molecule has 0 saturated carbocycles. The van der Waals surface area contributed by atoms with E-state index in [0.717, 1.165) is 31.5 Å². The number of hydroxylamine groups is 1. The summed E-state index contributed by atoms with van der Waals surface area (Å²) >= 11 is 0. The van der Waals surface area contributed by atoms with Crippen LogP contribution in [0.4, 0.5) is 20.6 Å². The van der Waals surface area contributed by atoms with Gasteiger partial charge in [0.05, 0.1) is 18.5 Å². The van der Waals surface area contributed by atoms with Crippen LogP contribution in [0.25, 0.3) is 0 Å². The lowest BCUT2D eigenvalue weighted by atomic mass is 9.98. The molecule has 9 heteroatoms. The van der Waals surface area contributed by atoms with Crippen molar-refractivity contribution in [1.29, 1.82) is 0 Å². The third-order valence-corrected chi connectivity index (χ3v) is 4.68. The standard InChI is InChI=1S/C21H26FN5O3/c1-15(28)26-30-14-16-4-3-7-27(12-16)13-17-8-18(22)10-20(9-17)25-21(29)24-19-5-2-6-23-11-19/h2,5-6,8-11,16H,3-4,7,12-14H2,1H3,(H,26,28)(H2,24,25,29)/t16-/m1/s1. The largest absolute Gasteiger partial charge is 0.323 e. The van der Waals surface area contributed by atoms with Crippen LogP contribution in [-0.4, -0.2) is 41.5 Å². The maximum absolute atomic E-state index is 14.1. The predicted octanol–water partition coefficient (Wildman–Crippen LogP) is 3.14. The number of nitrogens with zero attached hydrogens (tertiary/aromatic N) is 2. The number of aromatic nitrogens is 1. The number of pyridine rings is 1. The number of hydrogen-bond acceptors (Lipinski definition) is 5. The zero-order valence-corrected chi connectivity index (χ0v) is 16.9. The molecule has 0 aliphatic carbocycles. The van der Waals surface area contributed by atoms with Crippen molar-refractivity contribution in [2.45, 2.75) is 26.3 Å². The number of carbonyl (C=O) groups excluding carboxylic acids is 2. The molecule has 0 unspecified atom stereocenters. The van der Waals surface area contributed by atoms with E-state index in [-0.39, 0.29) is 5.91 Å². The van der Waals surface area contributed by atoms with Crippen LogP contribution in [0.3, 0.4) is 0 Å². The summed E-state index contributed by atoms with van der Waals surface area (Å²) in [6.07, 6.45) is 5.15. The van der Waals surface area contributed by atoms with Crippen LogP contribution in [0.1, 0.15) is 25.3 Å². The van der Waals surface area contributed by atoms with Crippen LogP contribution in [0.5, 0.6) is 0 Å². The van der Waals surface area contributed by atoms with E-state index in [4.69, 9.17) is 4.84 Å². The number of hydrogen-bond donors (Lipinski definition) is 3. The Morgan fingerprint density at radius 3 is 2.87 bits per heavy atom. The molecule has 1 atom stereocenters. The lowest BCUT2D eigenvalue weighted by molar-refractivity contribution is -0.132. The molecule has 2 aromatic rings. The number of halogens is 1. The summed E-state index contributed by atoms with van der Waals surface area (Å²) in [6, 6.07) is 7.49. The second-order valence-corrected chi connectivity index (χ2v) is 7.38. The summed E-state index contributed by atoms with van der Waals surface area (Å²) in [7, 11) is 0. The van der Waals surface area contributed by atoms with Crippen molar-refractivity contribution in [3.8, 4) is 0 Å². The number of urea groups is 1. The van der Waals surface area contributed by atoms with E-state index in [1.165, 1.54) is 25.3 Å². The third kappa shape index (κ3) is 7.09. The molecule has 1 aliphatic heterocycles. The second-order valence-electron chi connectivity index (χ2n) is 7.38. The van der Waals surface area contributed by atoms with Crippen LogP contribution in [0.15, 0.2) is 42.7 Å². The van der Waals surface area contributed by atoms with E-state index in [2.05, 4.69) is 26.0 Å². The van der Waals surface area contributed by atoms with Gasteiger partial charge in [-0.2, -0.15) is 0 Å². The molecule has 1 aliphatic rings. The van der Waals surface area contributed by atoms with Gasteiger partial charge < -0.3 is 10.6 Å². The molecule has 160 valence electrons. The summed E-state index contributed by atoms with van der Waals surface area (Å²) in [6.45, 7) is 4.10. The number of carbonyl (C=O) groups is 2. The summed E-state index contributed by atoms with van der Waals surface area (Å²) in [4.78, 5) is 34.4. The summed E-state index contributed by atoms with van der Waals surface area (Å²) in [5.41, 5.74) is 4.06. The first kappa shape index (κ1) is 21.7. The molecule has 30 heavy (non-hydrogen) atoms. The number of anilines is 2. The smallest absolute Gasteiger partial charge is 0.308 e. The van der Waals surface area contributed by atoms with E-state index in [1.54, 1.807) is 24.4 Å². The summed E-state index contributed by atoms with van der Waals surface area (Å²) in [5, 5.41) is 5.31. The van der Waals surface area contributed by atoms with Crippen molar-refractivity contribution in [3.05, 3.63) is 54.1 Å². The maximum Gasteiger partial charge on any atom is 0.323 e. The highest BCUT2D eigenvalue weighted by molar-refractivity contribution is 5.99. The molecule has 0 radical (unpaired) electrons.